The second-order valence-corrected chi connectivity index (χ2v) is 9.32. The topological polar surface area (TPSA) is 72.9 Å². The minimum atomic E-state index is -3.98. The predicted octanol–water partition coefficient (Wildman–Crippen LogP) is 5.17. The summed E-state index contributed by atoms with van der Waals surface area (Å²) in [6.45, 7) is 4.19. The first-order chi connectivity index (χ1) is 15.2. The Morgan fingerprint density at radius 3 is 2.09 bits per heavy atom. The molecule has 0 radical (unpaired) electrons. The molecule has 0 aliphatic rings. The Kier molecular flexibility index (Phi) is 7.43. The van der Waals surface area contributed by atoms with E-state index in [2.05, 4.69) is 0 Å². The summed E-state index contributed by atoms with van der Waals surface area (Å²) in [5.74, 6) is 0.556. The highest BCUT2D eigenvalue weighted by Crippen LogP contribution is 2.23. The Hall–Kier alpha value is -3.03. The second kappa shape index (κ2) is 10.1. The van der Waals surface area contributed by atoms with Crippen LogP contribution >= 0.6 is 11.6 Å². The lowest BCUT2D eigenvalue weighted by molar-refractivity contribution is 0.0690. The quantitative estimate of drug-likeness (QED) is 0.422. The van der Waals surface area contributed by atoms with E-state index >= 15 is 0 Å². The van der Waals surface area contributed by atoms with E-state index in [-0.39, 0.29) is 22.6 Å². The van der Waals surface area contributed by atoms with Gasteiger partial charge in [0, 0.05) is 12.6 Å². The highest BCUT2D eigenvalue weighted by Gasteiger charge is 2.21. The molecule has 168 valence electrons. The molecule has 0 atom stereocenters. The number of ether oxygens (including phenoxy) is 1. The SMILES string of the molecule is COc1ccc(S(=O)(=O)Oc2ccc(CN(C(=O)c3ccccc3Cl)C(C)C)cc2)cc1. The van der Waals surface area contributed by atoms with Gasteiger partial charge in [0.15, 0.2) is 0 Å². The van der Waals surface area contributed by atoms with Crippen LogP contribution in [0.15, 0.2) is 77.7 Å². The summed E-state index contributed by atoms with van der Waals surface area (Å²) in [5, 5.41) is 0.399. The van der Waals surface area contributed by atoms with Gasteiger partial charge in [0.2, 0.25) is 0 Å². The number of amides is 1. The van der Waals surface area contributed by atoms with E-state index in [0.717, 1.165) is 5.56 Å². The summed E-state index contributed by atoms with van der Waals surface area (Å²) >= 11 is 6.19. The number of hydrogen-bond donors (Lipinski definition) is 0. The van der Waals surface area contributed by atoms with Gasteiger partial charge in [-0.05, 0) is 67.9 Å². The van der Waals surface area contributed by atoms with Crippen molar-refractivity contribution in [1.82, 2.24) is 4.90 Å². The largest absolute Gasteiger partial charge is 0.497 e. The molecule has 0 N–H and O–H groups in total. The fourth-order valence-corrected chi connectivity index (χ4v) is 4.19. The Morgan fingerprint density at radius 1 is 0.938 bits per heavy atom. The smallest absolute Gasteiger partial charge is 0.339 e. The molecule has 3 aromatic rings. The molecule has 32 heavy (non-hydrogen) atoms. The highest BCUT2D eigenvalue weighted by molar-refractivity contribution is 7.87. The average molecular weight is 474 g/mol. The maximum atomic E-state index is 13.0. The van der Waals surface area contributed by atoms with Crippen molar-refractivity contribution in [3.05, 3.63) is 88.9 Å². The van der Waals surface area contributed by atoms with Crippen LogP contribution in [0.1, 0.15) is 29.8 Å². The molecule has 3 aromatic carbocycles. The van der Waals surface area contributed by atoms with Crippen molar-refractivity contribution < 1.29 is 22.1 Å². The van der Waals surface area contributed by atoms with E-state index in [1.165, 1.54) is 19.2 Å². The molecule has 1 amide bonds. The molecule has 8 heteroatoms. The minimum Gasteiger partial charge on any atom is -0.497 e. The number of rotatable bonds is 8. The van der Waals surface area contributed by atoms with Crippen molar-refractivity contribution in [3.63, 3.8) is 0 Å². The average Bonchev–Trinajstić information content (AvgIpc) is 2.78. The van der Waals surface area contributed by atoms with Crippen molar-refractivity contribution in [1.29, 1.82) is 0 Å². The Labute approximate surface area is 193 Å². The molecule has 0 spiro atoms. The Morgan fingerprint density at radius 2 is 1.53 bits per heavy atom. The maximum absolute atomic E-state index is 13.0. The number of carbonyl (C=O) groups excluding carboxylic acids is 1. The third-order valence-corrected chi connectivity index (χ3v) is 6.41. The first-order valence-electron chi connectivity index (χ1n) is 9.94. The molecule has 0 unspecified atom stereocenters. The molecule has 0 fully saturated rings. The van der Waals surface area contributed by atoms with Gasteiger partial charge in [-0.1, -0.05) is 35.9 Å². The summed E-state index contributed by atoms with van der Waals surface area (Å²) in [4.78, 5) is 14.7. The second-order valence-electron chi connectivity index (χ2n) is 7.36. The first-order valence-corrected chi connectivity index (χ1v) is 11.7. The lowest BCUT2D eigenvalue weighted by Crippen LogP contribution is -2.36. The van der Waals surface area contributed by atoms with Crippen LogP contribution in [0, 0.1) is 0 Å². The number of methoxy groups -OCH3 is 1. The van der Waals surface area contributed by atoms with Crippen LogP contribution in [0.5, 0.6) is 11.5 Å². The molecular formula is C24H24ClNO5S. The van der Waals surface area contributed by atoms with E-state index in [4.69, 9.17) is 20.5 Å². The number of carbonyl (C=O) groups is 1. The van der Waals surface area contributed by atoms with Gasteiger partial charge in [-0.15, -0.1) is 0 Å². The lowest BCUT2D eigenvalue weighted by Gasteiger charge is -2.27. The van der Waals surface area contributed by atoms with E-state index in [9.17, 15) is 13.2 Å². The molecule has 0 aromatic heterocycles. The van der Waals surface area contributed by atoms with E-state index in [1.807, 2.05) is 13.8 Å². The van der Waals surface area contributed by atoms with Crippen LogP contribution in [0.2, 0.25) is 5.02 Å². The zero-order valence-electron chi connectivity index (χ0n) is 18.0. The van der Waals surface area contributed by atoms with Gasteiger partial charge in [-0.2, -0.15) is 8.42 Å². The van der Waals surface area contributed by atoms with Gasteiger partial charge in [0.25, 0.3) is 5.91 Å². The Bertz CT molecular complexity index is 1180. The summed E-state index contributed by atoms with van der Waals surface area (Å²) in [5.41, 5.74) is 1.27. The maximum Gasteiger partial charge on any atom is 0.339 e. The fraction of sp³-hybridized carbons (Fsp3) is 0.208. The zero-order chi connectivity index (χ0) is 23.3. The molecule has 0 aliphatic carbocycles. The predicted molar refractivity (Wildman–Crippen MR) is 124 cm³/mol. The minimum absolute atomic E-state index is 0.0266. The molecule has 6 nitrogen and oxygen atoms in total. The van der Waals surface area contributed by atoms with Crippen molar-refractivity contribution in [2.45, 2.75) is 31.3 Å². The van der Waals surface area contributed by atoms with Crippen LogP contribution in [-0.4, -0.2) is 32.4 Å². The van der Waals surface area contributed by atoms with Crippen molar-refractivity contribution >= 4 is 27.6 Å². The van der Waals surface area contributed by atoms with Gasteiger partial charge in [0.1, 0.15) is 16.4 Å². The van der Waals surface area contributed by atoms with Gasteiger partial charge in [0.05, 0.1) is 17.7 Å². The van der Waals surface area contributed by atoms with Gasteiger partial charge in [-0.3, -0.25) is 4.79 Å². The summed E-state index contributed by atoms with van der Waals surface area (Å²) in [6.07, 6.45) is 0. The normalized spacial score (nSPS) is 11.3. The fourth-order valence-electron chi connectivity index (χ4n) is 3.04. The van der Waals surface area contributed by atoms with E-state index in [1.54, 1.807) is 65.6 Å². The molecule has 3 rings (SSSR count). The van der Waals surface area contributed by atoms with Gasteiger partial charge >= 0.3 is 10.1 Å². The molecule has 0 bridgehead atoms. The third kappa shape index (κ3) is 5.60. The van der Waals surface area contributed by atoms with Crippen LogP contribution in [-0.2, 0) is 16.7 Å². The zero-order valence-corrected chi connectivity index (χ0v) is 19.6. The summed E-state index contributed by atoms with van der Waals surface area (Å²) < 4.78 is 35.3. The highest BCUT2D eigenvalue weighted by atomic mass is 35.5. The van der Waals surface area contributed by atoms with E-state index < -0.39 is 10.1 Å². The summed E-state index contributed by atoms with van der Waals surface area (Å²) in [6, 6.07) is 19.4. The third-order valence-electron chi connectivity index (χ3n) is 4.82. The Balaban J connectivity index is 1.74. The van der Waals surface area contributed by atoms with Crippen LogP contribution in [0.3, 0.4) is 0 Å². The molecule has 0 aliphatic heterocycles. The molecule has 0 heterocycles. The van der Waals surface area contributed by atoms with Crippen molar-refractivity contribution in [2.24, 2.45) is 0 Å². The van der Waals surface area contributed by atoms with Crippen LogP contribution in [0.25, 0.3) is 0 Å². The van der Waals surface area contributed by atoms with E-state index in [0.29, 0.717) is 22.9 Å². The number of hydrogen-bond acceptors (Lipinski definition) is 5. The number of nitrogens with zero attached hydrogens (tertiary/aromatic N) is 1. The van der Waals surface area contributed by atoms with Gasteiger partial charge in [-0.25, -0.2) is 0 Å². The lowest BCUT2D eigenvalue weighted by atomic mass is 10.1. The molecule has 0 saturated carbocycles. The number of benzene rings is 3. The van der Waals surface area contributed by atoms with Crippen molar-refractivity contribution in [3.8, 4) is 11.5 Å². The molecular weight excluding hydrogens is 450 g/mol. The molecule has 0 saturated heterocycles. The summed E-state index contributed by atoms with van der Waals surface area (Å²) in [7, 11) is -2.47. The first kappa shape index (κ1) is 23.6. The monoisotopic (exact) mass is 473 g/mol. The van der Waals surface area contributed by atoms with Crippen molar-refractivity contribution in [2.75, 3.05) is 7.11 Å². The standard InChI is InChI=1S/C24H24ClNO5S/c1-17(2)26(24(27)22-6-4-5-7-23(22)25)16-18-8-10-20(11-9-18)31-32(28,29)21-14-12-19(30-3)13-15-21/h4-15,17H,16H2,1-3H3. The number of halogens is 1. The van der Waals surface area contributed by atoms with Crippen LogP contribution < -0.4 is 8.92 Å². The van der Waals surface area contributed by atoms with Gasteiger partial charge < -0.3 is 13.8 Å². The van der Waals surface area contributed by atoms with Crippen LogP contribution in [0.4, 0.5) is 0 Å².